The molecule has 0 unspecified atom stereocenters. The first-order valence-electron chi connectivity index (χ1n) is 10.2. The minimum atomic E-state index is -3.97. The molecule has 1 saturated heterocycles. The van der Waals surface area contributed by atoms with Crippen LogP contribution in [0.1, 0.15) is 41.5 Å². The number of nitrogens with one attached hydrogen (secondary N) is 2. The second-order valence-corrected chi connectivity index (χ2v) is 9.88. The number of aromatic amines is 1. The summed E-state index contributed by atoms with van der Waals surface area (Å²) in [6, 6.07) is 3.89. The number of nitrogens with zero attached hydrogens (tertiary/aromatic N) is 1. The number of rotatable bonds is 6. The van der Waals surface area contributed by atoms with Crippen molar-refractivity contribution in [2.45, 2.75) is 38.5 Å². The maximum Gasteiger partial charge on any atom is 0.341 e. The normalized spacial score (nSPS) is 15.5. The van der Waals surface area contributed by atoms with Crippen molar-refractivity contribution < 1.29 is 27.1 Å². The number of piperidine rings is 1. The Labute approximate surface area is 191 Å². The number of carbonyl (C=O) groups is 2. The van der Waals surface area contributed by atoms with Crippen molar-refractivity contribution in [3.63, 3.8) is 0 Å². The van der Waals surface area contributed by atoms with E-state index in [-0.39, 0.29) is 41.1 Å². The van der Waals surface area contributed by atoms with Crippen LogP contribution in [0.4, 0.5) is 10.1 Å². The fraction of sp³-hybridized carbons (Fsp3) is 0.429. The standard InChI is InChI=1S/C21H25ClFN3O5S/c1-4-31-21(28)18-12(2)24-13(3)19(18)32(29,30)26-9-7-14(8-10-26)20(27)25-15-5-6-17(23)16(22)11-15/h5-6,11,14,24H,4,7-10H2,1-3H3,(H,25,27). The predicted molar refractivity (Wildman–Crippen MR) is 118 cm³/mol. The first-order chi connectivity index (χ1) is 15.1. The molecule has 2 heterocycles. The lowest BCUT2D eigenvalue weighted by molar-refractivity contribution is -0.120. The molecule has 0 radical (unpaired) electrons. The van der Waals surface area contributed by atoms with E-state index in [0.29, 0.717) is 29.9 Å². The van der Waals surface area contributed by atoms with Gasteiger partial charge in [0.15, 0.2) is 0 Å². The van der Waals surface area contributed by atoms with Gasteiger partial charge in [0.1, 0.15) is 16.3 Å². The van der Waals surface area contributed by atoms with Gasteiger partial charge < -0.3 is 15.0 Å². The van der Waals surface area contributed by atoms with Crippen molar-refractivity contribution >= 4 is 39.2 Å². The Hall–Kier alpha value is -2.43. The van der Waals surface area contributed by atoms with Crippen molar-refractivity contribution in [2.24, 2.45) is 5.92 Å². The number of amides is 1. The van der Waals surface area contributed by atoms with Crippen LogP contribution in [-0.2, 0) is 19.6 Å². The topological polar surface area (TPSA) is 109 Å². The van der Waals surface area contributed by atoms with Gasteiger partial charge in [-0.3, -0.25) is 4.79 Å². The Morgan fingerprint density at radius 2 is 1.91 bits per heavy atom. The summed E-state index contributed by atoms with van der Waals surface area (Å²) >= 11 is 5.74. The number of H-pyrrole nitrogens is 1. The van der Waals surface area contributed by atoms with Gasteiger partial charge >= 0.3 is 5.97 Å². The summed E-state index contributed by atoms with van der Waals surface area (Å²) in [5.74, 6) is -1.98. The van der Waals surface area contributed by atoms with E-state index in [0.717, 1.165) is 6.07 Å². The van der Waals surface area contributed by atoms with Crippen LogP contribution in [0.15, 0.2) is 23.1 Å². The molecule has 8 nitrogen and oxygen atoms in total. The highest BCUT2D eigenvalue weighted by atomic mass is 35.5. The van der Waals surface area contributed by atoms with Gasteiger partial charge in [-0.1, -0.05) is 11.6 Å². The second kappa shape index (κ2) is 9.60. The molecule has 1 aliphatic heterocycles. The molecule has 1 fully saturated rings. The van der Waals surface area contributed by atoms with Gasteiger partial charge in [-0.15, -0.1) is 0 Å². The number of benzene rings is 1. The number of esters is 1. The molecular weight excluding hydrogens is 461 g/mol. The highest BCUT2D eigenvalue weighted by Crippen LogP contribution is 2.31. The predicted octanol–water partition coefficient (Wildman–Crippen LogP) is 3.64. The van der Waals surface area contributed by atoms with Gasteiger partial charge in [-0.2, -0.15) is 4.31 Å². The number of aryl methyl sites for hydroxylation is 2. The van der Waals surface area contributed by atoms with Gasteiger partial charge in [0, 0.05) is 36.1 Å². The van der Waals surface area contributed by atoms with E-state index < -0.39 is 27.7 Å². The number of halogens is 2. The molecule has 0 atom stereocenters. The number of ether oxygens (including phenoxy) is 1. The molecule has 174 valence electrons. The van der Waals surface area contributed by atoms with E-state index in [1.165, 1.54) is 16.4 Å². The Bertz CT molecular complexity index is 1140. The van der Waals surface area contributed by atoms with Gasteiger partial charge in [-0.25, -0.2) is 17.6 Å². The molecule has 0 saturated carbocycles. The van der Waals surface area contributed by atoms with Crippen molar-refractivity contribution in [3.8, 4) is 0 Å². The average molecular weight is 486 g/mol. The van der Waals surface area contributed by atoms with Crippen LogP contribution in [0.5, 0.6) is 0 Å². The highest BCUT2D eigenvalue weighted by molar-refractivity contribution is 7.89. The first-order valence-corrected chi connectivity index (χ1v) is 12.0. The Morgan fingerprint density at radius 1 is 1.25 bits per heavy atom. The number of anilines is 1. The molecule has 1 aromatic heterocycles. The van der Waals surface area contributed by atoms with E-state index >= 15 is 0 Å². The summed E-state index contributed by atoms with van der Waals surface area (Å²) in [5.41, 5.74) is 1.16. The summed E-state index contributed by atoms with van der Waals surface area (Å²) < 4.78 is 46.3. The molecule has 1 amide bonds. The number of hydrogen-bond acceptors (Lipinski definition) is 5. The van der Waals surface area contributed by atoms with Crippen LogP contribution in [-0.4, -0.2) is 49.3 Å². The molecule has 2 aromatic rings. The van der Waals surface area contributed by atoms with Gasteiger partial charge in [0.25, 0.3) is 0 Å². The monoisotopic (exact) mass is 485 g/mol. The number of hydrogen-bond donors (Lipinski definition) is 2. The summed E-state index contributed by atoms with van der Waals surface area (Å²) in [7, 11) is -3.97. The van der Waals surface area contributed by atoms with Crippen LogP contribution in [0.3, 0.4) is 0 Å². The van der Waals surface area contributed by atoms with Crippen molar-refractivity contribution in [2.75, 3.05) is 25.0 Å². The molecule has 0 spiro atoms. The SMILES string of the molecule is CCOC(=O)c1c(C)[nH]c(C)c1S(=O)(=O)N1CCC(C(=O)Nc2ccc(F)c(Cl)c2)CC1. The smallest absolute Gasteiger partial charge is 0.341 e. The van der Waals surface area contributed by atoms with Crippen molar-refractivity contribution in [1.82, 2.24) is 9.29 Å². The molecule has 11 heteroatoms. The Morgan fingerprint density at radius 3 is 2.50 bits per heavy atom. The molecular formula is C21H25ClFN3O5S. The van der Waals surface area contributed by atoms with E-state index in [9.17, 15) is 22.4 Å². The highest BCUT2D eigenvalue weighted by Gasteiger charge is 2.37. The Balaban J connectivity index is 1.72. The van der Waals surface area contributed by atoms with E-state index in [4.69, 9.17) is 16.3 Å². The lowest BCUT2D eigenvalue weighted by atomic mass is 9.97. The molecule has 1 aliphatic rings. The molecule has 0 aliphatic carbocycles. The molecule has 32 heavy (non-hydrogen) atoms. The average Bonchev–Trinajstić information content (AvgIpc) is 3.05. The third-order valence-electron chi connectivity index (χ3n) is 5.41. The minimum Gasteiger partial charge on any atom is -0.462 e. The fourth-order valence-corrected chi connectivity index (χ4v) is 5.90. The second-order valence-electron chi connectivity index (χ2n) is 7.60. The molecule has 2 N–H and O–H groups in total. The van der Waals surface area contributed by atoms with Gasteiger partial charge in [0.2, 0.25) is 15.9 Å². The zero-order valence-electron chi connectivity index (χ0n) is 18.0. The number of carbonyl (C=O) groups excluding carboxylic acids is 2. The molecule has 3 rings (SSSR count). The van der Waals surface area contributed by atoms with Crippen LogP contribution in [0.25, 0.3) is 0 Å². The maximum atomic E-state index is 13.3. The van der Waals surface area contributed by atoms with Crippen LogP contribution >= 0.6 is 11.6 Å². The van der Waals surface area contributed by atoms with Crippen LogP contribution in [0, 0.1) is 25.6 Å². The largest absolute Gasteiger partial charge is 0.462 e. The zero-order chi connectivity index (χ0) is 23.6. The van der Waals surface area contributed by atoms with E-state index in [1.54, 1.807) is 20.8 Å². The molecule has 1 aromatic carbocycles. The summed E-state index contributed by atoms with van der Waals surface area (Å²) in [4.78, 5) is 27.8. The van der Waals surface area contributed by atoms with Crippen molar-refractivity contribution in [1.29, 1.82) is 0 Å². The quantitative estimate of drug-likeness (QED) is 0.607. The van der Waals surface area contributed by atoms with E-state index in [2.05, 4.69) is 10.3 Å². The minimum absolute atomic E-state index is 0.0115. The third kappa shape index (κ3) is 4.82. The summed E-state index contributed by atoms with van der Waals surface area (Å²) in [6.07, 6.45) is 0.606. The summed E-state index contributed by atoms with van der Waals surface area (Å²) in [5, 5.41) is 2.59. The first kappa shape index (κ1) is 24.2. The van der Waals surface area contributed by atoms with Crippen molar-refractivity contribution in [3.05, 3.63) is 46.0 Å². The van der Waals surface area contributed by atoms with E-state index in [1.807, 2.05) is 0 Å². The lowest BCUT2D eigenvalue weighted by Crippen LogP contribution is -2.41. The van der Waals surface area contributed by atoms with Crippen LogP contribution < -0.4 is 5.32 Å². The Kier molecular flexibility index (Phi) is 7.26. The fourth-order valence-electron chi connectivity index (χ4n) is 3.84. The number of sulfonamides is 1. The maximum absolute atomic E-state index is 13.3. The van der Waals surface area contributed by atoms with Gasteiger partial charge in [0.05, 0.1) is 11.6 Å². The number of aromatic nitrogens is 1. The zero-order valence-corrected chi connectivity index (χ0v) is 19.6. The lowest BCUT2D eigenvalue weighted by Gasteiger charge is -2.30. The molecule has 0 bridgehead atoms. The third-order valence-corrected chi connectivity index (χ3v) is 7.77. The summed E-state index contributed by atoms with van der Waals surface area (Å²) in [6.45, 7) is 5.23. The van der Waals surface area contributed by atoms with Gasteiger partial charge in [-0.05, 0) is 51.8 Å². The van der Waals surface area contributed by atoms with Crippen LogP contribution in [0.2, 0.25) is 5.02 Å².